The Morgan fingerprint density at radius 3 is 2.82 bits per heavy atom. The van der Waals surface area contributed by atoms with Gasteiger partial charge in [-0.3, -0.25) is 4.79 Å². The van der Waals surface area contributed by atoms with Gasteiger partial charge in [-0.2, -0.15) is 0 Å². The predicted molar refractivity (Wildman–Crippen MR) is 58.1 cm³/mol. The van der Waals surface area contributed by atoms with E-state index in [1.165, 1.54) is 18.3 Å². The van der Waals surface area contributed by atoms with Crippen molar-refractivity contribution in [3.05, 3.63) is 23.9 Å². The van der Waals surface area contributed by atoms with Crippen LogP contribution < -0.4 is 10.6 Å². The number of hydrogen-bond donors (Lipinski definition) is 2. The normalized spacial score (nSPS) is 10.6. The van der Waals surface area contributed by atoms with Crippen LogP contribution in [0.1, 0.15) is 10.4 Å². The molecule has 0 saturated carbocycles. The summed E-state index contributed by atoms with van der Waals surface area (Å²) in [6.07, 6.45) is -1.22. The summed E-state index contributed by atoms with van der Waals surface area (Å²) in [6.45, 7) is -0.971. The fourth-order valence-electron chi connectivity index (χ4n) is 1.41. The molecule has 1 amide bonds. The maximum atomic E-state index is 12.4. The van der Waals surface area contributed by atoms with Gasteiger partial charge in [0.1, 0.15) is 5.82 Å². The van der Waals surface area contributed by atoms with E-state index in [4.69, 9.17) is 10.8 Å². The van der Waals surface area contributed by atoms with Gasteiger partial charge < -0.3 is 15.7 Å². The van der Waals surface area contributed by atoms with Crippen molar-refractivity contribution in [2.75, 3.05) is 24.6 Å². The van der Waals surface area contributed by atoms with Gasteiger partial charge in [0.2, 0.25) is 0 Å². The summed E-state index contributed by atoms with van der Waals surface area (Å²) < 4.78 is 24.7. The van der Waals surface area contributed by atoms with E-state index >= 15 is 0 Å². The summed E-state index contributed by atoms with van der Waals surface area (Å²) in [5, 5.41) is 8.81. The van der Waals surface area contributed by atoms with Crippen LogP contribution >= 0.6 is 0 Å². The number of nitrogens with zero attached hydrogens (tertiary/aromatic N) is 2. The van der Waals surface area contributed by atoms with Gasteiger partial charge in [0.25, 0.3) is 12.3 Å². The number of hydrogen-bond acceptors (Lipinski definition) is 4. The SMILES string of the molecule is NC(=O)c1cccnc1N(CCO)CC(F)F. The molecule has 17 heavy (non-hydrogen) atoms. The van der Waals surface area contributed by atoms with Crippen LogP contribution in [-0.2, 0) is 0 Å². The number of carbonyl (C=O) groups excluding carboxylic acids is 1. The molecule has 1 heterocycles. The first-order valence-electron chi connectivity index (χ1n) is 4.95. The molecule has 5 nitrogen and oxygen atoms in total. The molecule has 94 valence electrons. The first-order chi connectivity index (χ1) is 8.06. The molecule has 0 saturated heterocycles. The smallest absolute Gasteiger partial charge is 0.255 e. The zero-order valence-corrected chi connectivity index (χ0v) is 9.01. The third-order valence-electron chi connectivity index (χ3n) is 2.08. The number of nitrogens with two attached hydrogens (primary N) is 1. The fraction of sp³-hybridized carbons (Fsp3) is 0.400. The number of amides is 1. The van der Waals surface area contributed by atoms with E-state index in [1.54, 1.807) is 0 Å². The highest BCUT2D eigenvalue weighted by atomic mass is 19.3. The molecule has 0 atom stereocenters. The van der Waals surface area contributed by atoms with Gasteiger partial charge in [-0.1, -0.05) is 0 Å². The standard InChI is InChI=1S/C10H13F2N3O2/c11-8(12)6-15(4-5-16)10-7(9(13)17)2-1-3-14-10/h1-3,8,16H,4-6H2,(H2,13,17). The molecular weight excluding hydrogens is 232 g/mol. The zero-order valence-electron chi connectivity index (χ0n) is 9.01. The minimum absolute atomic E-state index is 0.0400. The Labute approximate surface area is 96.9 Å². The molecule has 0 bridgehead atoms. The van der Waals surface area contributed by atoms with Crippen molar-refractivity contribution in [3.8, 4) is 0 Å². The highest BCUT2D eigenvalue weighted by molar-refractivity contribution is 5.97. The molecular formula is C10H13F2N3O2. The summed E-state index contributed by atoms with van der Waals surface area (Å²) in [5.74, 6) is -0.681. The van der Waals surface area contributed by atoms with Crippen molar-refractivity contribution in [2.45, 2.75) is 6.43 Å². The lowest BCUT2D eigenvalue weighted by Gasteiger charge is -2.23. The van der Waals surface area contributed by atoms with Gasteiger partial charge in [-0.05, 0) is 12.1 Å². The van der Waals surface area contributed by atoms with E-state index < -0.39 is 18.9 Å². The molecule has 3 N–H and O–H groups in total. The average molecular weight is 245 g/mol. The molecule has 1 aromatic rings. The third kappa shape index (κ3) is 3.63. The van der Waals surface area contributed by atoms with Crippen LogP contribution in [0.4, 0.5) is 14.6 Å². The van der Waals surface area contributed by atoms with Crippen molar-refractivity contribution < 1.29 is 18.7 Å². The number of primary amides is 1. The van der Waals surface area contributed by atoms with Gasteiger partial charge in [-0.25, -0.2) is 13.8 Å². The number of aliphatic hydroxyl groups is 1. The fourth-order valence-corrected chi connectivity index (χ4v) is 1.41. The highest BCUT2D eigenvalue weighted by Gasteiger charge is 2.18. The van der Waals surface area contributed by atoms with E-state index in [1.807, 2.05) is 0 Å². The Bertz CT molecular complexity index is 388. The first-order valence-corrected chi connectivity index (χ1v) is 4.95. The molecule has 0 unspecified atom stereocenters. The molecule has 7 heteroatoms. The molecule has 0 spiro atoms. The Kier molecular flexibility index (Phi) is 4.77. The Balaban J connectivity index is 3.04. The van der Waals surface area contributed by atoms with Crippen LogP contribution in [0.2, 0.25) is 0 Å². The van der Waals surface area contributed by atoms with Crippen LogP contribution in [0.3, 0.4) is 0 Å². The van der Waals surface area contributed by atoms with Crippen LogP contribution in [0.5, 0.6) is 0 Å². The minimum atomic E-state index is -2.59. The molecule has 0 aliphatic carbocycles. The van der Waals surface area contributed by atoms with Crippen molar-refractivity contribution in [3.63, 3.8) is 0 Å². The second-order valence-electron chi connectivity index (χ2n) is 3.30. The van der Waals surface area contributed by atoms with Crippen LogP contribution in [0, 0.1) is 0 Å². The molecule has 0 radical (unpaired) electrons. The number of anilines is 1. The maximum absolute atomic E-state index is 12.4. The van der Waals surface area contributed by atoms with Crippen LogP contribution in [-0.4, -0.2) is 42.1 Å². The third-order valence-corrected chi connectivity index (χ3v) is 2.08. The summed E-state index contributed by atoms with van der Waals surface area (Å²) in [6, 6.07) is 2.89. The van der Waals surface area contributed by atoms with Gasteiger partial charge in [0, 0.05) is 12.7 Å². The van der Waals surface area contributed by atoms with E-state index in [9.17, 15) is 13.6 Å². The molecule has 1 aromatic heterocycles. The number of pyridine rings is 1. The van der Waals surface area contributed by atoms with Crippen LogP contribution in [0.15, 0.2) is 18.3 Å². The van der Waals surface area contributed by atoms with Crippen molar-refractivity contribution >= 4 is 11.7 Å². The summed E-state index contributed by atoms with van der Waals surface area (Å²) in [5.41, 5.74) is 5.18. The van der Waals surface area contributed by atoms with Crippen molar-refractivity contribution in [1.82, 2.24) is 4.98 Å². The number of rotatable bonds is 6. The number of aliphatic hydroxyl groups excluding tert-OH is 1. The highest BCUT2D eigenvalue weighted by Crippen LogP contribution is 2.17. The number of alkyl halides is 2. The number of aromatic nitrogens is 1. The Morgan fingerprint density at radius 1 is 1.59 bits per heavy atom. The first kappa shape index (κ1) is 13.3. The average Bonchev–Trinajstić information content (AvgIpc) is 2.28. The van der Waals surface area contributed by atoms with Gasteiger partial charge >= 0.3 is 0 Å². The lowest BCUT2D eigenvalue weighted by atomic mass is 10.2. The van der Waals surface area contributed by atoms with Gasteiger partial charge in [-0.15, -0.1) is 0 Å². The number of halogens is 2. The summed E-state index contributed by atoms with van der Waals surface area (Å²) in [7, 11) is 0. The van der Waals surface area contributed by atoms with E-state index in [-0.39, 0.29) is 24.5 Å². The zero-order chi connectivity index (χ0) is 12.8. The molecule has 0 aromatic carbocycles. The van der Waals surface area contributed by atoms with E-state index in [2.05, 4.69) is 4.98 Å². The Morgan fingerprint density at radius 2 is 2.29 bits per heavy atom. The summed E-state index contributed by atoms with van der Waals surface area (Å²) in [4.78, 5) is 16.1. The lowest BCUT2D eigenvalue weighted by molar-refractivity contribution is 0.0999. The largest absolute Gasteiger partial charge is 0.395 e. The van der Waals surface area contributed by atoms with Crippen molar-refractivity contribution in [2.24, 2.45) is 5.73 Å². The van der Waals surface area contributed by atoms with Gasteiger partial charge in [0.05, 0.1) is 18.7 Å². The van der Waals surface area contributed by atoms with Crippen LogP contribution in [0.25, 0.3) is 0 Å². The minimum Gasteiger partial charge on any atom is -0.395 e. The maximum Gasteiger partial charge on any atom is 0.255 e. The molecule has 0 aliphatic rings. The predicted octanol–water partition coefficient (Wildman–Crippen LogP) is 0.244. The Hall–Kier alpha value is -1.76. The molecule has 0 aliphatic heterocycles. The summed E-state index contributed by atoms with van der Waals surface area (Å²) >= 11 is 0. The quantitative estimate of drug-likeness (QED) is 0.752. The molecule has 1 rings (SSSR count). The van der Waals surface area contributed by atoms with Crippen molar-refractivity contribution in [1.29, 1.82) is 0 Å². The number of carbonyl (C=O) groups is 1. The van der Waals surface area contributed by atoms with Gasteiger partial charge in [0.15, 0.2) is 0 Å². The monoisotopic (exact) mass is 245 g/mol. The topological polar surface area (TPSA) is 79.5 Å². The lowest BCUT2D eigenvalue weighted by Crippen LogP contribution is -2.34. The second kappa shape index (κ2) is 6.09. The van der Waals surface area contributed by atoms with E-state index in [0.29, 0.717) is 0 Å². The second-order valence-corrected chi connectivity index (χ2v) is 3.30. The molecule has 0 fully saturated rings. The van der Waals surface area contributed by atoms with E-state index in [0.717, 1.165) is 4.90 Å².